The van der Waals surface area contributed by atoms with Gasteiger partial charge in [-0.2, -0.15) is 0 Å². The molecule has 110 valence electrons. The van der Waals surface area contributed by atoms with Crippen molar-refractivity contribution in [3.63, 3.8) is 0 Å². The minimum absolute atomic E-state index is 0.182. The van der Waals surface area contributed by atoms with Crippen LogP contribution in [0.5, 0.6) is 0 Å². The van der Waals surface area contributed by atoms with Gasteiger partial charge in [-0.05, 0) is 59.8 Å². The van der Waals surface area contributed by atoms with Crippen LogP contribution >= 0.6 is 19.8 Å². The van der Waals surface area contributed by atoms with E-state index in [-0.39, 0.29) is 11.2 Å². The molecule has 0 aliphatic rings. The molecule has 0 radical (unpaired) electrons. The van der Waals surface area contributed by atoms with E-state index in [4.69, 9.17) is 4.74 Å². The first kappa shape index (κ1) is 18.5. The Kier molecular flexibility index (Phi) is 6.56. The summed E-state index contributed by atoms with van der Waals surface area (Å²) in [7, 11) is 2.29. The van der Waals surface area contributed by atoms with E-state index in [2.05, 4.69) is 13.8 Å². The van der Waals surface area contributed by atoms with E-state index >= 15 is 0 Å². The fourth-order valence-corrected chi connectivity index (χ4v) is 1.57. The zero-order valence-corrected chi connectivity index (χ0v) is 14.7. The number of carbonyl (C=O) groups excluding carboxylic acids is 2. The van der Waals surface area contributed by atoms with Gasteiger partial charge in [0, 0.05) is 5.57 Å². The fourth-order valence-electron chi connectivity index (χ4n) is 1.08. The maximum Gasteiger partial charge on any atom is 0.334 e. The van der Waals surface area contributed by atoms with Crippen LogP contribution in [0.1, 0.15) is 48.5 Å². The summed E-state index contributed by atoms with van der Waals surface area (Å²) in [6.45, 7) is 12.7. The van der Waals surface area contributed by atoms with Gasteiger partial charge in [0.2, 0.25) is 0 Å². The van der Waals surface area contributed by atoms with Gasteiger partial charge in [0.1, 0.15) is 5.60 Å². The van der Waals surface area contributed by atoms with Gasteiger partial charge in [0.25, 0.3) is 5.24 Å². The minimum atomic E-state index is -0.823. The zero-order valence-electron chi connectivity index (χ0n) is 12.7. The van der Waals surface area contributed by atoms with E-state index in [9.17, 15) is 9.59 Å². The molecule has 19 heavy (non-hydrogen) atoms. The lowest BCUT2D eigenvalue weighted by atomic mass is 9.85. The molecule has 1 amide bonds. The zero-order chi connectivity index (χ0) is 15.4. The number of ether oxygens (including phenoxy) is 1. The highest BCUT2D eigenvalue weighted by atomic mass is 32.7. The van der Waals surface area contributed by atoms with Crippen LogP contribution in [0, 0.1) is 0 Å². The summed E-state index contributed by atoms with van der Waals surface area (Å²) < 4.78 is 5.54. The third kappa shape index (κ3) is 5.15. The van der Waals surface area contributed by atoms with Gasteiger partial charge in [-0.1, -0.05) is 14.0 Å². The highest BCUT2D eigenvalue weighted by Gasteiger charge is 2.41. The van der Waals surface area contributed by atoms with Gasteiger partial charge in [-0.15, -0.1) is 0 Å². The first-order chi connectivity index (χ1) is 8.44. The van der Waals surface area contributed by atoms with Crippen LogP contribution in [0.25, 0.3) is 0 Å². The Morgan fingerprint density at radius 3 is 1.95 bits per heavy atom. The van der Waals surface area contributed by atoms with Crippen LogP contribution in [0.3, 0.4) is 0 Å². The van der Waals surface area contributed by atoms with Crippen molar-refractivity contribution in [3.05, 3.63) is 11.1 Å². The summed E-state index contributed by atoms with van der Waals surface area (Å²) >= 11 is 1.01. The van der Waals surface area contributed by atoms with E-state index in [1.54, 1.807) is 20.8 Å². The predicted octanol–water partition coefficient (Wildman–Crippen LogP) is 3.68. The van der Waals surface area contributed by atoms with Crippen molar-refractivity contribution < 1.29 is 14.3 Å². The number of amides is 1. The number of nitrogens with one attached hydrogen (secondary N) is 1. The average molecular weight is 305 g/mol. The quantitative estimate of drug-likeness (QED) is 0.489. The molecule has 6 heteroatoms. The second kappa shape index (κ2) is 6.76. The minimum Gasteiger partial charge on any atom is -0.454 e. The first-order valence-corrected chi connectivity index (χ1v) is 8.30. The highest BCUT2D eigenvalue weighted by molar-refractivity contribution is 8.52. The van der Waals surface area contributed by atoms with E-state index in [0.717, 1.165) is 17.0 Å². The molecule has 1 unspecified atom stereocenters. The SMILES string of the molecule is CC(C)=C(C)C(=O)OC(C)(C)C(C)(C)NC(=O)SP. The fraction of sp³-hybridized carbons (Fsp3) is 0.692. The standard InChI is InChI=1S/C13H24NO3PS/c1-8(2)9(3)10(15)17-13(6,7)12(4,5)14-11(16)19-18/h18H2,1-7H3,(H,14,16). The normalized spacial score (nSPS) is 11.8. The number of hydrogen-bond acceptors (Lipinski definition) is 4. The summed E-state index contributed by atoms with van der Waals surface area (Å²) in [6, 6.07) is 0. The molecule has 0 aromatic carbocycles. The molecule has 0 aliphatic carbocycles. The Hall–Kier alpha value is -0.540. The number of hydrogen-bond donors (Lipinski definition) is 1. The lowest BCUT2D eigenvalue weighted by Crippen LogP contribution is -2.58. The third-order valence-electron chi connectivity index (χ3n) is 3.43. The molecular weight excluding hydrogens is 281 g/mol. The Morgan fingerprint density at radius 1 is 1.11 bits per heavy atom. The molecule has 0 bridgehead atoms. The lowest BCUT2D eigenvalue weighted by molar-refractivity contribution is -0.158. The van der Waals surface area contributed by atoms with Crippen LogP contribution in [0.2, 0.25) is 0 Å². The molecule has 4 nitrogen and oxygen atoms in total. The highest BCUT2D eigenvalue weighted by Crippen LogP contribution is 2.28. The summed E-state index contributed by atoms with van der Waals surface area (Å²) in [5.41, 5.74) is 0.0148. The van der Waals surface area contributed by atoms with Crippen molar-refractivity contribution in [2.24, 2.45) is 0 Å². The van der Waals surface area contributed by atoms with Crippen molar-refractivity contribution in [1.29, 1.82) is 0 Å². The largest absolute Gasteiger partial charge is 0.454 e. The number of carbonyl (C=O) groups is 2. The Bertz CT molecular complexity index is 399. The third-order valence-corrected chi connectivity index (χ3v) is 4.39. The van der Waals surface area contributed by atoms with Crippen LogP contribution in [0.4, 0.5) is 4.79 Å². The Morgan fingerprint density at radius 2 is 1.58 bits per heavy atom. The van der Waals surface area contributed by atoms with E-state index in [0.29, 0.717) is 5.57 Å². The molecule has 1 N–H and O–H groups in total. The molecular formula is C13H24NO3PS. The molecule has 0 fully saturated rings. The molecule has 0 heterocycles. The van der Waals surface area contributed by atoms with Crippen molar-refractivity contribution in [2.45, 2.75) is 59.6 Å². The van der Waals surface area contributed by atoms with Gasteiger partial charge in [-0.25, -0.2) is 4.79 Å². The second-order valence-electron chi connectivity index (χ2n) is 5.68. The average Bonchev–Trinajstić information content (AvgIpc) is 2.26. The van der Waals surface area contributed by atoms with Crippen molar-refractivity contribution in [1.82, 2.24) is 5.32 Å². The van der Waals surface area contributed by atoms with Gasteiger partial charge >= 0.3 is 5.97 Å². The summed E-state index contributed by atoms with van der Waals surface area (Å²) in [4.78, 5) is 23.5. The van der Waals surface area contributed by atoms with Gasteiger partial charge < -0.3 is 10.1 Å². The van der Waals surface area contributed by atoms with E-state index < -0.39 is 11.1 Å². The molecule has 0 aromatic heterocycles. The molecule has 0 saturated heterocycles. The predicted molar refractivity (Wildman–Crippen MR) is 84.1 cm³/mol. The molecule has 0 aromatic rings. The molecule has 0 rings (SSSR count). The summed E-state index contributed by atoms with van der Waals surface area (Å²) in [5.74, 6) is -0.356. The van der Waals surface area contributed by atoms with Crippen LogP contribution in [0.15, 0.2) is 11.1 Å². The van der Waals surface area contributed by atoms with Crippen molar-refractivity contribution >= 4 is 31.0 Å². The van der Waals surface area contributed by atoms with Gasteiger partial charge in [-0.3, -0.25) is 4.79 Å². The van der Waals surface area contributed by atoms with Crippen LogP contribution < -0.4 is 5.32 Å². The Labute approximate surface area is 122 Å². The maximum atomic E-state index is 12.0. The monoisotopic (exact) mass is 305 g/mol. The number of esters is 1. The maximum absolute atomic E-state index is 12.0. The molecule has 0 aliphatic heterocycles. The second-order valence-corrected chi connectivity index (χ2v) is 6.99. The number of rotatable bonds is 4. The molecule has 0 spiro atoms. The first-order valence-electron chi connectivity index (χ1n) is 6.01. The van der Waals surface area contributed by atoms with Crippen molar-refractivity contribution in [3.8, 4) is 0 Å². The topological polar surface area (TPSA) is 55.4 Å². The van der Waals surface area contributed by atoms with E-state index in [1.165, 1.54) is 0 Å². The summed E-state index contributed by atoms with van der Waals surface area (Å²) in [5, 5.41) is 2.65. The smallest absolute Gasteiger partial charge is 0.334 e. The summed E-state index contributed by atoms with van der Waals surface area (Å²) in [6.07, 6.45) is 0. The van der Waals surface area contributed by atoms with Crippen LogP contribution in [-0.2, 0) is 9.53 Å². The molecule has 0 saturated carbocycles. The van der Waals surface area contributed by atoms with E-state index in [1.807, 2.05) is 27.7 Å². The van der Waals surface area contributed by atoms with Crippen molar-refractivity contribution in [2.75, 3.05) is 0 Å². The Balaban J connectivity index is 5.02. The van der Waals surface area contributed by atoms with Gasteiger partial charge in [0.15, 0.2) is 0 Å². The van der Waals surface area contributed by atoms with Gasteiger partial charge in [0.05, 0.1) is 5.54 Å². The molecule has 1 atom stereocenters. The number of allylic oxidation sites excluding steroid dienone is 1. The lowest BCUT2D eigenvalue weighted by Gasteiger charge is -2.41. The van der Waals surface area contributed by atoms with Crippen LogP contribution in [-0.4, -0.2) is 22.3 Å².